The van der Waals surface area contributed by atoms with Crippen molar-refractivity contribution in [1.29, 1.82) is 0 Å². The van der Waals surface area contributed by atoms with E-state index in [-0.39, 0.29) is 5.54 Å². The van der Waals surface area contributed by atoms with Crippen LogP contribution in [0.3, 0.4) is 0 Å². The van der Waals surface area contributed by atoms with Crippen molar-refractivity contribution in [3.63, 3.8) is 0 Å². The summed E-state index contributed by atoms with van der Waals surface area (Å²) in [7, 11) is 1.82. The molecule has 1 saturated heterocycles. The fourth-order valence-corrected chi connectivity index (χ4v) is 3.73. The highest BCUT2D eigenvalue weighted by Crippen LogP contribution is 2.30. The lowest BCUT2D eigenvalue weighted by Crippen LogP contribution is -2.63. The molecular formula is C15H28N6. The first-order valence-electron chi connectivity index (χ1n) is 8.26. The molecule has 1 aliphatic heterocycles. The molecule has 1 aromatic heterocycles. The van der Waals surface area contributed by atoms with Gasteiger partial charge in [0, 0.05) is 24.7 Å². The number of aromatic nitrogens is 4. The zero-order chi connectivity index (χ0) is 14.9. The van der Waals surface area contributed by atoms with E-state index in [1.807, 2.05) is 7.05 Å². The standard InChI is InChI=1S/C15H28N6/c1-15(2)11-16-13(12-7-5-4-6-8-12)9-21(15)10-14-17-19-20(3)18-14/h12-13,16H,4-11H2,1-3H3. The zero-order valence-electron chi connectivity index (χ0n) is 13.5. The van der Waals surface area contributed by atoms with E-state index in [9.17, 15) is 0 Å². The van der Waals surface area contributed by atoms with Gasteiger partial charge >= 0.3 is 0 Å². The first-order valence-corrected chi connectivity index (χ1v) is 8.26. The molecule has 3 rings (SSSR count). The summed E-state index contributed by atoms with van der Waals surface area (Å²) in [6.45, 7) is 7.52. The molecule has 0 spiro atoms. The van der Waals surface area contributed by atoms with E-state index in [4.69, 9.17) is 0 Å². The van der Waals surface area contributed by atoms with Gasteiger partial charge in [0.2, 0.25) is 0 Å². The maximum absolute atomic E-state index is 4.34. The van der Waals surface area contributed by atoms with Crippen LogP contribution < -0.4 is 5.32 Å². The van der Waals surface area contributed by atoms with Gasteiger partial charge in [0.15, 0.2) is 5.82 Å². The first kappa shape index (κ1) is 14.9. The number of hydrogen-bond donors (Lipinski definition) is 1. The minimum atomic E-state index is 0.143. The molecule has 2 aliphatic rings. The molecule has 1 aromatic rings. The molecule has 1 atom stereocenters. The molecule has 2 fully saturated rings. The predicted octanol–water partition coefficient (Wildman–Crippen LogP) is 1.34. The Morgan fingerprint density at radius 1 is 1.24 bits per heavy atom. The maximum atomic E-state index is 4.34. The summed E-state index contributed by atoms with van der Waals surface area (Å²) in [6, 6.07) is 0.620. The van der Waals surface area contributed by atoms with Gasteiger partial charge in [0.1, 0.15) is 0 Å². The fourth-order valence-electron chi connectivity index (χ4n) is 3.73. The molecule has 6 heteroatoms. The van der Waals surface area contributed by atoms with Crippen LogP contribution >= 0.6 is 0 Å². The summed E-state index contributed by atoms with van der Waals surface area (Å²) in [6.07, 6.45) is 6.99. The van der Waals surface area contributed by atoms with Crippen LogP contribution in [-0.4, -0.2) is 49.8 Å². The lowest BCUT2D eigenvalue weighted by atomic mass is 9.81. The summed E-state index contributed by atoms with van der Waals surface area (Å²) in [5, 5.41) is 16.2. The molecule has 1 unspecified atom stereocenters. The van der Waals surface area contributed by atoms with Gasteiger partial charge in [-0.05, 0) is 37.8 Å². The monoisotopic (exact) mass is 292 g/mol. The molecule has 0 bridgehead atoms. The zero-order valence-corrected chi connectivity index (χ0v) is 13.5. The molecule has 6 nitrogen and oxygen atoms in total. The van der Waals surface area contributed by atoms with Crippen molar-refractivity contribution >= 4 is 0 Å². The lowest BCUT2D eigenvalue weighted by molar-refractivity contribution is 0.0353. The van der Waals surface area contributed by atoms with E-state index in [2.05, 4.69) is 39.5 Å². The van der Waals surface area contributed by atoms with E-state index in [1.54, 1.807) is 4.80 Å². The number of nitrogens with zero attached hydrogens (tertiary/aromatic N) is 5. The van der Waals surface area contributed by atoms with Crippen molar-refractivity contribution in [2.24, 2.45) is 13.0 Å². The van der Waals surface area contributed by atoms with Gasteiger partial charge in [-0.3, -0.25) is 4.90 Å². The van der Waals surface area contributed by atoms with Gasteiger partial charge < -0.3 is 5.32 Å². The SMILES string of the molecule is Cn1nnc(CN2CC(C3CCCCC3)NCC2(C)C)n1. The normalized spacial score (nSPS) is 27.9. The van der Waals surface area contributed by atoms with Crippen molar-refractivity contribution in [2.75, 3.05) is 13.1 Å². The largest absolute Gasteiger partial charge is 0.311 e. The Morgan fingerprint density at radius 3 is 2.67 bits per heavy atom. The van der Waals surface area contributed by atoms with Crippen LogP contribution in [-0.2, 0) is 13.6 Å². The van der Waals surface area contributed by atoms with E-state index >= 15 is 0 Å². The van der Waals surface area contributed by atoms with Gasteiger partial charge in [-0.2, -0.15) is 4.80 Å². The molecule has 0 radical (unpaired) electrons. The molecule has 2 heterocycles. The van der Waals surface area contributed by atoms with Crippen LogP contribution in [0.4, 0.5) is 0 Å². The average molecular weight is 292 g/mol. The molecule has 118 valence electrons. The third-order valence-corrected chi connectivity index (χ3v) is 5.17. The minimum absolute atomic E-state index is 0.143. The highest BCUT2D eigenvalue weighted by Gasteiger charge is 2.37. The molecule has 1 aliphatic carbocycles. The topological polar surface area (TPSA) is 58.9 Å². The van der Waals surface area contributed by atoms with Gasteiger partial charge in [0.05, 0.1) is 13.6 Å². The quantitative estimate of drug-likeness (QED) is 0.911. The lowest BCUT2D eigenvalue weighted by Gasteiger charge is -2.48. The van der Waals surface area contributed by atoms with Crippen LogP contribution in [0.25, 0.3) is 0 Å². The van der Waals surface area contributed by atoms with Gasteiger partial charge in [-0.1, -0.05) is 19.3 Å². The van der Waals surface area contributed by atoms with Gasteiger partial charge in [-0.15, -0.1) is 10.2 Å². The second-order valence-corrected chi connectivity index (χ2v) is 7.27. The third-order valence-electron chi connectivity index (χ3n) is 5.17. The van der Waals surface area contributed by atoms with Crippen molar-refractivity contribution in [3.05, 3.63) is 5.82 Å². The van der Waals surface area contributed by atoms with Crippen molar-refractivity contribution in [3.8, 4) is 0 Å². The Morgan fingerprint density at radius 2 is 2.00 bits per heavy atom. The van der Waals surface area contributed by atoms with Gasteiger partial charge in [0.25, 0.3) is 0 Å². The fraction of sp³-hybridized carbons (Fsp3) is 0.933. The second kappa shape index (κ2) is 6.01. The van der Waals surface area contributed by atoms with E-state index in [0.29, 0.717) is 6.04 Å². The first-order chi connectivity index (χ1) is 10.0. The molecule has 1 saturated carbocycles. The van der Waals surface area contributed by atoms with Crippen molar-refractivity contribution in [2.45, 2.75) is 64.1 Å². The van der Waals surface area contributed by atoms with E-state index < -0.39 is 0 Å². The Balaban J connectivity index is 1.66. The van der Waals surface area contributed by atoms with Crippen molar-refractivity contribution in [1.82, 2.24) is 30.4 Å². The smallest absolute Gasteiger partial charge is 0.188 e. The maximum Gasteiger partial charge on any atom is 0.188 e. The van der Waals surface area contributed by atoms with E-state index in [0.717, 1.165) is 31.4 Å². The third kappa shape index (κ3) is 3.43. The Bertz CT molecular complexity index is 462. The highest BCUT2D eigenvalue weighted by atomic mass is 15.6. The summed E-state index contributed by atoms with van der Waals surface area (Å²) in [5.74, 6) is 1.67. The summed E-state index contributed by atoms with van der Waals surface area (Å²) in [5.41, 5.74) is 0.143. The van der Waals surface area contributed by atoms with E-state index in [1.165, 1.54) is 32.1 Å². The van der Waals surface area contributed by atoms with Crippen LogP contribution in [0.5, 0.6) is 0 Å². The number of aryl methyl sites for hydroxylation is 1. The number of nitrogens with one attached hydrogen (secondary N) is 1. The number of hydrogen-bond acceptors (Lipinski definition) is 5. The Kier molecular flexibility index (Phi) is 4.26. The molecular weight excluding hydrogens is 264 g/mol. The predicted molar refractivity (Wildman–Crippen MR) is 81.7 cm³/mol. The van der Waals surface area contributed by atoms with Crippen LogP contribution in [0, 0.1) is 5.92 Å². The molecule has 0 amide bonds. The molecule has 21 heavy (non-hydrogen) atoms. The van der Waals surface area contributed by atoms with Crippen molar-refractivity contribution < 1.29 is 0 Å². The summed E-state index contributed by atoms with van der Waals surface area (Å²) >= 11 is 0. The second-order valence-electron chi connectivity index (χ2n) is 7.27. The number of piperazine rings is 1. The average Bonchev–Trinajstić information content (AvgIpc) is 2.87. The number of tetrazole rings is 1. The van der Waals surface area contributed by atoms with Crippen LogP contribution in [0.1, 0.15) is 51.8 Å². The number of rotatable bonds is 3. The van der Waals surface area contributed by atoms with Gasteiger partial charge in [-0.25, -0.2) is 0 Å². The van der Waals surface area contributed by atoms with Crippen LogP contribution in [0.2, 0.25) is 0 Å². The molecule has 1 N–H and O–H groups in total. The van der Waals surface area contributed by atoms with Crippen LogP contribution in [0.15, 0.2) is 0 Å². The summed E-state index contributed by atoms with van der Waals surface area (Å²) < 4.78 is 0. The Labute approximate surface area is 127 Å². The Hall–Kier alpha value is -1.01. The summed E-state index contributed by atoms with van der Waals surface area (Å²) in [4.78, 5) is 4.07. The minimum Gasteiger partial charge on any atom is -0.311 e. The highest BCUT2D eigenvalue weighted by molar-refractivity contribution is 4.97. The molecule has 0 aromatic carbocycles.